The van der Waals surface area contributed by atoms with Crippen molar-refractivity contribution in [2.45, 2.75) is 114 Å². The summed E-state index contributed by atoms with van der Waals surface area (Å²) in [6, 6.07) is -0.888. The fourth-order valence-corrected chi connectivity index (χ4v) is 7.00. The fraction of sp³-hybridized carbons (Fsp3) is 0.778. The molecule has 0 aromatic carbocycles. The number of Topliss-reactive ketones (excluding diaryl/α,β-unsaturated/α-hetero) is 1. The normalized spacial score (nSPS) is 34.0. The van der Waals surface area contributed by atoms with E-state index in [0.29, 0.717) is 25.7 Å². The zero-order valence-electron chi connectivity index (χ0n) is 22.9. The van der Waals surface area contributed by atoms with Gasteiger partial charge in [-0.15, -0.1) is 0 Å². The number of ether oxygens (including phenoxy) is 1. The molecule has 0 spiro atoms. The summed E-state index contributed by atoms with van der Waals surface area (Å²) in [5.41, 5.74) is -2.18. The van der Waals surface area contributed by atoms with E-state index in [2.05, 4.69) is 15.4 Å². The molecule has 4 N–H and O–H groups in total. The molecule has 0 aromatic heterocycles. The molecule has 3 aliphatic carbocycles. The molecule has 0 bridgehead atoms. The summed E-state index contributed by atoms with van der Waals surface area (Å²) in [7, 11) is -3.82. The van der Waals surface area contributed by atoms with E-state index in [1.54, 1.807) is 20.8 Å². The van der Waals surface area contributed by atoms with Gasteiger partial charge >= 0.3 is 6.09 Å². The van der Waals surface area contributed by atoms with E-state index in [-0.39, 0.29) is 31.0 Å². The van der Waals surface area contributed by atoms with E-state index in [1.165, 1.54) is 0 Å². The lowest BCUT2D eigenvalue weighted by molar-refractivity contribution is -0.136. The molecule has 12 heteroatoms. The van der Waals surface area contributed by atoms with Gasteiger partial charge in [-0.05, 0) is 72.1 Å². The van der Waals surface area contributed by atoms with Crippen LogP contribution in [0.4, 0.5) is 4.79 Å². The van der Waals surface area contributed by atoms with E-state index < -0.39 is 68.3 Å². The van der Waals surface area contributed by atoms with Gasteiger partial charge < -0.3 is 20.5 Å². The van der Waals surface area contributed by atoms with Crippen LogP contribution in [0.1, 0.15) is 85.0 Å². The number of sulfonamides is 1. The van der Waals surface area contributed by atoms with Gasteiger partial charge in [-0.1, -0.05) is 25.0 Å². The third-order valence-corrected chi connectivity index (χ3v) is 9.79. The van der Waals surface area contributed by atoms with Gasteiger partial charge in [-0.3, -0.25) is 19.1 Å². The number of aliphatic hydroxyl groups is 1. The number of amides is 3. The standard InChI is InChI=1S/C27H41N3O8S/c1-26(2,3)38-25(35)28-21-10-8-6-4-5-7-9-16-15-27(16,24(34)30-39(36,37)18-11-12-18)29-23(33)20-14-17(31)13-19(20)22(21)32/h7,9,16-21,31H,4-6,8,10-15H2,1-3H3,(H,28,35)(H,29,33)(H,30,34)/t16-,17+,19?,20-,21+,27-/m1/s1. The van der Waals surface area contributed by atoms with Crippen molar-refractivity contribution in [3.05, 3.63) is 12.2 Å². The van der Waals surface area contributed by atoms with Gasteiger partial charge in [0.25, 0.3) is 5.91 Å². The molecule has 1 unspecified atom stereocenters. The molecular formula is C27H41N3O8S. The number of allylic oxidation sites excluding steroid dienone is 1. The molecule has 39 heavy (non-hydrogen) atoms. The third kappa shape index (κ3) is 7.19. The van der Waals surface area contributed by atoms with Crippen LogP contribution in [0.5, 0.6) is 0 Å². The van der Waals surface area contributed by atoms with E-state index >= 15 is 0 Å². The summed E-state index contributed by atoms with van der Waals surface area (Å²) < 4.78 is 32.5. The van der Waals surface area contributed by atoms with Gasteiger partial charge in [0.15, 0.2) is 5.78 Å². The predicted octanol–water partition coefficient (Wildman–Crippen LogP) is 1.84. The maximum atomic E-state index is 13.7. The van der Waals surface area contributed by atoms with Crippen molar-refractivity contribution in [2.24, 2.45) is 17.8 Å². The molecule has 0 saturated heterocycles. The molecule has 0 radical (unpaired) electrons. The second-order valence-corrected chi connectivity index (χ2v) is 14.4. The number of hydrogen-bond donors (Lipinski definition) is 4. The van der Waals surface area contributed by atoms with Crippen LogP contribution in [-0.4, -0.2) is 65.8 Å². The van der Waals surface area contributed by atoms with Crippen LogP contribution in [0.25, 0.3) is 0 Å². The van der Waals surface area contributed by atoms with Gasteiger partial charge in [0, 0.05) is 11.8 Å². The average molecular weight is 568 g/mol. The lowest BCUT2D eigenvalue weighted by Crippen LogP contribution is -2.54. The van der Waals surface area contributed by atoms with Crippen LogP contribution in [0.3, 0.4) is 0 Å². The lowest BCUT2D eigenvalue weighted by Gasteiger charge is -2.27. The van der Waals surface area contributed by atoms with Gasteiger partial charge in [0.1, 0.15) is 11.1 Å². The van der Waals surface area contributed by atoms with Crippen molar-refractivity contribution < 1.29 is 37.4 Å². The number of carbonyl (C=O) groups is 4. The van der Waals surface area contributed by atoms with Gasteiger partial charge in [0.2, 0.25) is 15.9 Å². The zero-order valence-corrected chi connectivity index (χ0v) is 23.7. The van der Waals surface area contributed by atoms with Gasteiger partial charge in [-0.2, -0.15) is 0 Å². The Morgan fingerprint density at radius 2 is 1.77 bits per heavy atom. The Kier molecular flexibility index (Phi) is 8.47. The highest BCUT2D eigenvalue weighted by atomic mass is 32.2. The van der Waals surface area contributed by atoms with Crippen LogP contribution in [0.15, 0.2) is 12.2 Å². The minimum absolute atomic E-state index is 0.0278. The summed E-state index contributed by atoms with van der Waals surface area (Å²) in [6.07, 6.45) is 6.86. The van der Waals surface area contributed by atoms with E-state index in [9.17, 15) is 32.7 Å². The SMILES string of the molecule is CC(C)(C)OC(=O)N[C@H]1CCCCCC=C[C@@H]2C[C@@]2(C(=O)NS(=O)(=O)C2CC2)NC(=O)[C@@H]2C[C@@H](O)CC2C1=O. The minimum atomic E-state index is -3.82. The Morgan fingerprint density at radius 3 is 2.44 bits per heavy atom. The number of hydrogen-bond acceptors (Lipinski definition) is 8. The Morgan fingerprint density at radius 1 is 1.08 bits per heavy atom. The van der Waals surface area contributed by atoms with Gasteiger partial charge in [-0.25, -0.2) is 13.2 Å². The number of nitrogens with one attached hydrogen (secondary N) is 3. The molecule has 0 aromatic rings. The molecule has 4 rings (SSSR count). The molecule has 3 amide bonds. The number of alkyl carbamates (subject to hydrolysis) is 1. The van der Waals surface area contributed by atoms with Crippen molar-refractivity contribution in [3.8, 4) is 0 Å². The Labute approximate surface area is 229 Å². The molecule has 6 atom stereocenters. The first-order valence-electron chi connectivity index (χ1n) is 14.0. The number of fused-ring (bicyclic) bond motifs is 2. The van der Waals surface area contributed by atoms with Crippen LogP contribution >= 0.6 is 0 Å². The van der Waals surface area contributed by atoms with Crippen LogP contribution in [-0.2, 0) is 29.1 Å². The monoisotopic (exact) mass is 567 g/mol. The van der Waals surface area contributed by atoms with Crippen LogP contribution in [0, 0.1) is 17.8 Å². The second-order valence-electron chi connectivity index (χ2n) is 12.5. The van der Waals surface area contributed by atoms with Crippen LogP contribution < -0.4 is 15.4 Å². The lowest BCUT2D eigenvalue weighted by atomic mass is 9.86. The molecule has 3 saturated carbocycles. The van der Waals surface area contributed by atoms with E-state index in [0.717, 1.165) is 19.3 Å². The zero-order chi connectivity index (χ0) is 28.6. The maximum absolute atomic E-state index is 13.7. The third-order valence-electron chi connectivity index (χ3n) is 7.97. The van der Waals surface area contributed by atoms with E-state index in [1.807, 2.05) is 12.2 Å². The highest BCUT2D eigenvalue weighted by molar-refractivity contribution is 7.91. The topological polar surface area (TPSA) is 168 Å². The molecule has 4 aliphatic rings. The van der Waals surface area contributed by atoms with Crippen molar-refractivity contribution in [2.75, 3.05) is 0 Å². The van der Waals surface area contributed by atoms with Crippen molar-refractivity contribution in [3.63, 3.8) is 0 Å². The maximum Gasteiger partial charge on any atom is 0.408 e. The van der Waals surface area contributed by atoms with E-state index in [4.69, 9.17) is 4.74 Å². The fourth-order valence-electron chi connectivity index (χ4n) is 5.63. The van der Waals surface area contributed by atoms with Crippen molar-refractivity contribution in [1.29, 1.82) is 0 Å². The second kappa shape index (κ2) is 11.2. The summed E-state index contributed by atoms with van der Waals surface area (Å²) in [4.78, 5) is 53.0. The Balaban J connectivity index is 1.57. The highest BCUT2D eigenvalue weighted by Crippen LogP contribution is 2.47. The molecule has 218 valence electrons. The number of ketones is 1. The minimum Gasteiger partial charge on any atom is -0.444 e. The first-order chi connectivity index (χ1) is 18.2. The molecule has 1 heterocycles. The Bertz CT molecular complexity index is 1130. The molecule has 3 fully saturated rings. The summed E-state index contributed by atoms with van der Waals surface area (Å²) in [5.74, 6) is -3.86. The summed E-state index contributed by atoms with van der Waals surface area (Å²) in [6.45, 7) is 5.16. The number of rotatable bonds is 4. The molecule has 11 nitrogen and oxygen atoms in total. The van der Waals surface area contributed by atoms with Crippen molar-refractivity contribution >= 4 is 33.7 Å². The molecule has 1 aliphatic heterocycles. The number of aliphatic hydroxyl groups excluding tert-OH is 1. The average Bonchev–Trinajstić information content (AvgIpc) is 3.73. The number of carbonyl (C=O) groups excluding carboxylic acids is 4. The Hall–Kier alpha value is -2.47. The molecular weight excluding hydrogens is 526 g/mol. The summed E-state index contributed by atoms with van der Waals surface area (Å²) in [5, 5.41) is 15.3. The van der Waals surface area contributed by atoms with Gasteiger partial charge in [0.05, 0.1) is 23.3 Å². The highest BCUT2D eigenvalue weighted by Gasteiger charge is 2.62. The smallest absolute Gasteiger partial charge is 0.408 e. The van der Waals surface area contributed by atoms with Crippen molar-refractivity contribution in [1.82, 2.24) is 15.4 Å². The quantitative estimate of drug-likeness (QED) is 0.373. The largest absolute Gasteiger partial charge is 0.444 e. The van der Waals surface area contributed by atoms with Crippen LogP contribution in [0.2, 0.25) is 0 Å². The first-order valence-corrected chi connectivity index (χ1v) is 15.5. The predicted molar refractivity (Wildman–Crippen MR) is 142 cm³/mol. The summed E-state index contributed by atoms with van der Waals surface area (Å²) >= 11 is 0. The first kappa shape index (κ1) is 29.5.